The first-order valence-corrected chi connectivity index (χ1v) is 10.2. The number of rotatable bonds is 4. The van der Waals surface area contributed by atoms with Crippen molar-refractivity contribution in [3.05, 3.63) is 99.1 Å². The Labute approximate surface area is 184 Å². The average molecular weight is 441 g/mol. The van der Waals surface area contributed by atoms with Crippen LogP contribution in [0.5, 0.6) is 0 Å². The van der Waals surface area contributed by atoms with Gasteiger partial charge in [0.1, 0.15) is 5.82 Å². The smallest absolute Gasteiger partial charge is 0.257 e. The minimum atomic E-state index is -2.06. The lowest BCUT2D eigenvalue weighted by Gasteiger charge is -2.35. The number of amides is 1. The van der Waals surface area contributed by atoms with Crippen LogP contribution in [0.3, 0.4) is 0 Å². The molecule has 3 aromatic rings. The van der Waals surface area contributed by atoms with Crippen LogP contribution in [-0.2, 0) is 17.9 Å². The number of fused-ring (bicyclic) bond motifs is 1. The summed E-state index contributed by atoms with van der Waals surface area (Å²) in [5, 5.41) is 22.7. The summed E-state index contributed by atoms with van der Waals surface area (Å²) in [5.74, 6) is -1.33. The van der Waals surface area contributed by atoms with E-state index in [2.05, 4.69) is 4.98 Å². The van der Waals surface area contributed by atoms with Crippen LogP contribution in [0, 0.1) is 12.7 Å². The Kier molecular flexibility index (Phi) is 5.12. The second kappa shape index (κ2) is 7.41. The number of pyridine rings is 1. The zero-order valence-corrected chi connectivity index (χ0v) is 18.1. The van der Waals surface area contributed by atoms with Crippen molar-refractivity contribution >= 4 is 17.5 Å². The molecule has 1 aromatic heterocycles. The third-order valence-electron chi connectivity index (χ3n) is 5.55. The van der Waals surface area contributed by atoms with E-state index in [0.29, 0.717) is 16.3 Å². The fraction of sp³-hybridized carbons (Fsp3) is 0.250. The number of aryl methyl sites for hydroxylation is 1. The van der Waals surface area contributed by atoms with Crippen LogP contribution in [0.1, 0.15) is 52.2 Å². The largest absolute Gasteiger partial charge is 0.386 e. The van der Waals surface area contributed by atoms with E-state index in [0.717, 1.165) is 11.6 Å². The highest BCUT2D eigenvalue weighted by atomic mass is 35.5. The number of carbonyl (C=O) groups excluding carboxylic acids is 1. The topological polar surface area (TPSA) is 73.7 Å². The molecule has 1 amide bonds. The fourth-order valence-electron chi connectivity index (χ4n) is 3.83. The highest BCUT2D eigenvalue weighted by molar-refractivity contribution is 6.30. The Morgan fingerprint density at radius 2 is 1.84 bits per heavy atom. The van der Waals surface area contributed by atoms with Gasteiger partial charge in [-0.2, -0.15) is 0 Å². The van der Waals surface area contributed by atoms with Gasteiger partial charge in [-0.1, -0.05) is 29.8 Å². The normalized spacial score (nSPS) is 18.4. The molecule has 7 heteroatoms. The predicted octanol–water partition coefficient (Wildman–Crippen LogP) is 4.26. The molecule has 2 heterocycles. The Hall–Kier alpha value is -2.80. The minimum Gasteiger partial charge on any atom is -0.386 e. The zero-order chi connectivity index (χ0) is 22.6. The van der Waals surface area contributed by atoms with Crippen molar-refractivity contribution in [1.82, 2.24) is 9.88 Å². The molecule has 0 aliphatic carbocycles. The molecule has 1 aliphatic rings. The van der Waals surface area contributed by atoms with E-state index >= 15 is 4.39 Å². The summed E-state index contributed by atoms with van der Waals surface area (Å²) in [6.07, 6.45) is 1.66. The van der Waals surface area contributed by atoms with E-state index in [4.69, 9.17) is 11.6 Å². The Morgan fingerprint density at radius 3 is 2.42 bits per heavy atom. The summed E-state index contributed by atoms with van der Waals surface area (Å²) in [7, 11) is 0. The van der Waals surface area contributed by atoms with Gasteiger partial charge in [0, 0.05) is 16.8 Å². The molecular weight excluding hydrogens is 419 g/mol. The van der Waals surface area contributed by atoms with E-state index in [1.165, 1.54) is 24.8 Å². The lowest BCUT2D eigenvalue weighted by atomic mass is 9.89. The van der Waals surface area contributed by atoms with Crippen molar-refractivity contribution in [2.45, 2.75) is 38.6 Å². The van der Waals surface area contributed by atoms with Crippen LogP contribution in [0.15, 0.2) is 54.7 Å². The molecule has 1 aliphatic heterocycles. The SMILES string of the molecule is Cc1ccc(CN2C(=O)c3cc(C(C)(C)O)cc(F)c3C2(O)c2ccc(Cl)cc2)nc1. The van der Waals surface area contributed by atoms with E-state index in [1.54, 1.807) is 36.5 Å². The first-order chi connectivity index (χ1) is 14.5. The van der Waals surface area contributed by atoms with E-state index in [-0.39, 0.29) is 23.2 Å². The first-order valence-electron chi connectivity index (χ1n) is 9.80. The number of aliphatic hydroxyl groups is 2. The van der Waals surface area contributed by atoms with Gasteiger partial charge in [-0.25, -0.2) is 4.39 Å². The van der Waals surface area contributed by atoms with Crippen molar-refractivity contribution in [1.29, 1.82) is 0 Å². The van der Waals surface area contributed by atoms with Crippen molar-refractivity contribution in [3.8, 4) is 0 Å². The fourth-order valence-corrected chi connectivity index (χ4v) is 3.96. The Bertz CT molecular complexity index is 1160. The van der Waals surface area contributed by atoms with Crippen molar-refractivity contribution in [2.24, 2.45) is 0 Å². The molecule has 160 valence electrons. The number of carbonyl (C=O) groups is 1. The molecule has 31 heavy (non-hydrogen) atoms. The van der Waals surface area contributed by atoms with Gasteiger partial charge in [0.2, 0.25) is 0 Å². The molecule has 4 rings (SSSR count). The van der Waals surface area contributed by atoms with Gasteiger partial charge in [0.05, 0.1) is 29.0 Å². The predicted molar refractivity (Wildman–Crippen MR) is 115 cm³/mol. The Morgan fingerprint density at radius 1 is 1.16 bits per heavy atom. The van der Waals surface area contributed by atoms with Crippen molar-refractivity contribution in [2.75, 3.05) is 0 Å². The van der Waals surface area contributed by atoms with Gasteiger partial charge in [-0.05, 0) is 62.2 Å². The van der Waals surface area contributed by atoms with Crippen LogP contribution < -0.4 is 0 Å². The standard InChI is InChI=1S/C24H22ClFN2O3/c1-14-4-9-18(27-12-14)13-28-22(29)19-10-16(23(2,3)30)11-20(26)21(19)24(28,31)15-5-7-17(25)8-6-15/h4-12,30-31H,13H2,1-3H3. The minimum absolute atomic E-state index is 0.00156. The molecule has 0 spiro atoms. The summed E-state index contributed by atoms with van der Waals surface area (Å²) >= 11 is 6.00. The molecule has 0 bridgehead atoms. The molecule has 0 saturated carbocycles. The molecule has 5 nitrogen and oxygen atoms in total. The summed E-state index contributed by atoms with van der Waals surface area (Å²) in [6.45, 7) is 4.87. The van der Waals surface area contributed by atoms with E-state index in [9.17, 15) is 15.0 Å². The summed E-state index contributed by atoms with van der Waals surface area (Å²) < 4.78 is 15.4. The lowest BCUT2D eigenvalue weighted by Crippen LogP contribution is -2.44. The third-order valence-corrected chi connectivity index (χ3v) is 5.80. The van der Waals surface area contributed by atoms with Crippen LogP contribution in [0.2, 0.25) is 5.02 Å². The maximum Gasteiger partial charge on any atom is 0.257 e. The number of hydrogen-bond donors (Lipinski definition) is 2. The van der Waals surface area contributed by atoms with Crippen LogP contribution in [-0.4, -0.2) is 26.0 Å². The monoisotopic (exact) mass is 440 g/mol. The van der Waals surface area contributed by atoms with Gasteiger partial charge in [0.25, 0.3) is 5.91 Å². The van der Waals surface area contributed by atoms with Crippen molar-refractivity contribution < 1.29 is 19.4 Å². The molecule has 2 aromatic carbocycles. The van der Waals surface area contributed by atoms with E-state index in [1.807, 2.05) is 13.0 Å². The van der Waals surface area contributed by atoms with Gasteiger partial charge in [-0.15, -0.1) is 0 Å². The maximum atomic E-state index is 15.4. The molecule has 1 atom stereocenters. The number of benzene rings is 2. The van der Waals surface area contributed by atoms with Crippen LogP contribution in [0.25, 0.3) is 0 Å². The zero-order valence-electron chi connectivity index (χ0n) is 17.4. The van der Waals surface area contributed by atoms with Crippen molar-refractivity contribution in [3.63, 3.8) is 0 Å². The van der Waals surface area contributed by atoms with E-state index < -0.39 is 23.1 Å². The molecular formula is C24H22ClFN2O3. The molecule has 0 fully saturated rings. The first kappa shape index (κ1) is 21.4. The summed E-state index contributed by atoms with van der Waals surface area (Å²) in [6, 6.07) is 12.5. The highest BCUT2D eigenvalue weighted by Gasteiger charge is 2.52. The van der Waals surface area contributed by atoms with Gasteiger partial charge in [-0.3, -0.25) is 14.7 Å². The molecule has 1 unspecified atom stereocenters. The number of aromatic nitrogens is 1. The van der Waals surface area contributed by atoms with Gasteiger partial charge < -0.3 is 10.2 Å². The second-order valence-electron chi connectivity index (χ2n) is 8.34. The number of hydrogen-bond acceptors (Lipinski definition) is 4. The second-order valence-corrected chi connectivity index (χ2v) is 8.77. The summed E-state index contributed by atoms with van der Waals surface area (Å²) in [5.41, 5.74) is -1.54. The Balaban J connectivity index is 1.92. The van der Waals surface area contributed by atoms with Crippen LogP contribution >= 0.6 is 11.6 Å². The third kappa shape index (κ3) is 3.61. The molecule has 0 radical (unpaired) electrons. The maximum absolute atomic E-state index is 15.4. The number of nitrogens with zero attached hydrogens (tertiary/aromatic N) is 2. The molecule has 0 saturated heterocycles. The molecule has 2 N–H and O–H groups in total. The summed E-state index contributed by atoms with van der Waals surface area (Å²) in [4.78, 5) is 18.9. The number of halogens is 2. The lowest BCUT2D eigenvalue weighted by molar-refractivity contribution is -0.0567. The quantitative estimate of drug-likeness (QED) is 0.635. The van der Waals surface area contributed by atoms with Gasteiger partial charge >= 0.3 is 0 Å². The van der Waals surface area contributed by atoms with Crippen LogP contribution in [0.4, 0.5) is 4.39 Å². The highest BCUT2D eigenvalue weighted by Crippen LogP contribution is 2.45. The van der Waals surface area contributed by atoms with Gasteiger partial charge in [0.15, 0.2) is 5.72 Å². The average Bonchev–Trinajstić information content (AvgIpc) is 2.92.